The van der Waals surface area contributed by atoms with Gasteiger partial charge in [0.15, 0.2) is 5.12 Å². The van der Waals surface area contributed by atoms with E-state index in [0.717, 1.165) is 11.1 Å². The molecular formula is C17H15NO2S. The van der Waals surface area contributed by atoms with Crippen molar-refractivity contribution in [3.05, 3.63) is 59.9 Å². The summed E-state index contributed by atoms with van der Waals surface area (Å²) >= 11 is 1.20. The van der Waals surface area contributed by atoms with Crippen LogP contribution in [0.2, 0.25) is 0 Å². The van der Waals surface area contributed by atoms with Crippen molar-refractivity contribution in [3.63, 3.8) is 0 Å². The lowest BCUT2D eigenvalue weighted by Crippen LogP contribution is -1.95. The minimum atomic E-state index is 0.0716. The predicted octanol–water partition coefficient (Wildman–Crippen LogP) is 3.29. The zero-order valence-electron chi connectivity index (χ0n) is 11.7. The molecule has 0 fully saturated rings. The van der Waals surface area contributed by atoms with Gasteiger partial charge in [0.1, 0.15) is 12.4 Å². The highest BCUT2D eigenvalue weighted by Gasteiger charge is 1.97. The highest BCUT2D eigenvalue weighted by atomic mass is 32.2. The molecule has 2 aromatic rings. The molecule has 3 nitrogen and oxygen atoms in total. The Morgan fingerprint density at radius 1 is 1.29 bits per heavy atom. The lowest BCUT2D eigenvalue weighted by Gasteiger charge is -2.05. The second-order valence-electron chi connectivity index (χ2n) is 4.27. The van der Waals surface area contributed by atoms with Gasteiger partial charge in [0.25, 0.3) is 0 Å². The summed E-state index contributed by atoms with van der Waals surface area (Å²) < 4.78 is 5.69. The van der Waals surface area contributed by atoms with Crippen LogP contribution in [0.25, 0.3) is 0 Å². The maximum Gasteiger partial charge on any atom is 0.186 e. The van der Waals surface area contributed by atoms with E-state index in [1.165, 1.54) is 18.7 Å². The van der Waals surface area contributed by atoms with Gasteiger partial charge in [0.2, 0.25) is 0 Å². The van der Waals surface area contributed by atoms with E-state index in [9.17, 15) is 4.79 Å². The van der Waals surface area contributed by atoms with Crippen LogP contribution in [-0.4, -0.2) is 15.9 Å². The summed E-state index contributed by atoms with van der Waals surface area (Å²) in [6.45, 7) is 2.03. The number of rotatable bonds is 4. The van der Waals surface area contributed by atoms with E-state index in [0.29, 0.717) is 18.1 Å². The van der Waals surface area contributed by atoms with E-state index in [2.05, 4.69) is 16.8 Å². The third kappa shape index (κ3) is 5.72. The molecule has 0 saturated carbocycles. The fraction of sp³-hybridized carbons (Fsp3) is 0.176. The smallest absolute Gasteiger partial charge is 0.186 e. The number of hydrogen-bond donors (Lipinski definition) is 0. The molecule has 0 radical (unpaired) electrons. The van der Waals surface area contributed by atoms with Crippen LogP contribution in [0.15, 0.2) is 48.8 Å². The second-order valence-corrected chi connectivity index (χ2v) is 5.42. The van der Waals surface area contributed by atoms with Crippen molar-refractivity contribution in [3.8, 4) is 17.6 Å². The Balaban J connectivity index is 1.93. The topological polar surface area (TPSA) is 39.2 Å². The molecule has 0 aliphatic heterocycles. The van der Waals surface area contributed by atoms with Crippen LogP contribution >= 0.6 is 11.8 Å². The van der Waals surface area contributed by atoms with Gasteiger partial charge in [0.05, 0.1) is 11.9 Å². The first kappa shape index (κ1) is 15.1. The fourth-order valence-electron chi connectivity index (χ4n) is 1.58. The number of ether oxygens (including phenoxy) is 1. The summed E-state index contributed by atoms with van der Waals surface area (Å²) in [5.74, 6) is 7.08. The summed E-state index contributed by atoms with van der Waals surface area (Å²) in [4.78, 5) is 14.9. The number of carbonyl (C=O) groups is 1. The average Bonchev–Trinajstić information content (AvgIpc) is 2.51. The van der Waals surface area contributed by atoms with Gasteiger partial charge < -0.3 is 4.74 Å². The van der Waals surface area contributed by atoms with E-state index < -0.39 is 0 Å². The summed E-state index contributed by atoms with van der Waals surface area (Å²) in [6.07, 6.45) is 3.35. The van der Waals surface area contributed by atoms with Crippen LogP contribution in [0.5, 0.6) is 5.75 Å². The summed E-state index contributed by atoms with van der Waals surface area (Å²) in [5, 5.41) is 0.0716. The Morgan fingerprint density at radius 3 is 2.86 bits per heavy atom. The lowest BCUT2D eigenvalue weighted by atomic mass is 10.2. The van der Waals surface area contributed by atoms with Crippen LogP contribution in [0.3, 0.4) is 0 Å². The van der Waals surface area contributed by atoms with Gasteiger partial charge in [-0.2, -0.15) is 0 Å². The molecule has 1 aromatic carbocycles. The minimum Gasteiger partial charge on any atom is -0.487 e. The van der Waals surface area contributed by atoms with Crippen molar-refractivity contribution in [2.45, 2.75) is 13.5 Å². The number of pyridine rings is 1. The summed E-state index contributed by atoms with van der Waals surface area (Å²) in [7, 11) is 0. The zero-order chi connectivity index (χ0) is 14.9. The maximum atomic E-state index is 10.8. The maximum absolute atomic E-state index is 10.8. The van der Waals surface area contributed by atoms with E-state index in [1.807, 2.05) is 36.4 Å². The first-order valence-electron chi connectivity index (χ1n) is 6.48. The van der Waals surface area contributed by atoms with E-state index in [1.54, 1.807) is 12.4 Å². The number of aromatic nitrogens is 1. The Kier molecular flexibility index (Phi) is 5.86. The fourth-order valence-corrected chi connectivity index (χ4v) is 1.93. The first-order chi connectivity index (χ1) is 10.2. The van der Waals surface area contributed by atoms with Gasteiger partial charge in [-0.1, -0.05) is 53.9 Å². The van der Waals surface area contributed by atoms with Crippen molar-refractivity contribution >= 4 is 16.9 Å². The van der Waals surface area contributed by atoms with Crippen molar-refractivity contribution in [2.24, 2.45) is 0 Å². The van der Waals surface area contributed by atoms with E-state index >= 15 is 0 Å². The molecule has 0 unspecified atom stereocenters. The molecule has 0 N–H and O–H groups in total. The largest absolute Gasteiger partial charge is 0.487 e. The van der Waals surface area contributed by atoms with Gasteiger partial charge in [-0.05, 0) is 11.6 Å². The molecule has 106 valence electrons. The molecule has 0 aliphatic rings. The van der Waals surface area contributed by atoms with Gasteiger partial charge >= 0.3 is 0 Å². The molecule has 1 aromatic heterocycles. The number of benzene rings is 1. The number of nitrogens with zero attached hydrogens (tertiary/aromatic N) is 1. The van der Waals surface area contributed by atoms with Gasteiger partial charge in [-0.25, -0.2) is 0 Å². The molecule has 21 heavy (non-hydrogen) atoms. The Bertz CT molecular complexity index is 659. The highest BCUT2D eigenvalue weighted by Crippen LogP contribution is 2.13. The van der Waals surface area contributed by atoms with Crippen LogP contribution in [0.1, 0.15) is 18.1 Å². The third-order valence-corrected chi connectivity index (χ3v) is 3.24. The van der Waals surface area contributed by atoms with Gasteiger partial charge in [-0.15, -0.1) is 0 Å². The highest BCUT2D eigenvalue weighted by molar-refractivity contribution is 8.13. The third-order valence-electron chi connectivity index (χ3n) is 2.54. The molecule has 4 heteroatoms. The molecule has 0 aliphatic carbocycles. The normalized spacial score (nSPS) is 9.57. The van der Waals surface area contributed by atoms with Crippen molar-refractivity contribution < 1.29 is 9.53 Å². The Hall–Kier alpha value is -2.25. The lowest BCUT2D eigenvalue weighted by molar-refractivity contribution is -0.109. The van der Waals surface area contributed by atoms with Crippen LogP contribution < -0.4 is 4.74 Å². The summed E-state index contributed by atoms with van der Waals surface area (Å²) in [6, 6.07) is 11.8. The molecule has 0 saturated heterocycles. The molecule has 2 rings (SSSR count). The van der Waals surface area contributed by atoms with Crippen LogP contribution in [0.4, 0.5) is 0 Å². The van der Waals surface area contributed by atoms with Gasteiger partial charge in [0, 0.05) is 18.7 Å². The first-order valence-corrected chi connectivity index (χ1v) is 7.46. The number of carbonyl (C=O) groups excluding carboxylic acids is 1. The van der Waals surface area contributed by atoms with E-state index in [-0.39, 0.29) is 5.12 Å². The SMILES string of the molecule is CC(=O)SCC#Cc1cncc(OCc2ccccc2)c1. The van der Waals surface area contributed by atoms with Crippen molar-refractivity contribution in [1.29, 1.82) is 0 Å². The Labute approximate surface area is 128 Å². The molecular weight excluding hydrogens is 282 g/mol. The monoisotopic (exact) mass is 297 g/mol. The molecule has 1 heterocycles. The quantitative estimate of drug-likeness (QED) is 0.812. The molecule has 0 atom stereocenters. The standard InChI is InChI=1S/C17H15NO2S/c1-14(19)21-9-5-8-16-10-17(12-18-11-16)20-13-15-6-3-2-4-7-15/h2-4,6-7,10-12H,9,13H2,1H3. The van der Waals surface area contributed by atoms with E-state index in [4.69, 9.17) is 4.74 Å². The van der Waals surface area contributed by atoms with Crippen molar-refractivity contribution in [1.82, 2.24) is 4.98 Å². The van der Waals surface area contributed by atoms with Crippen LogP contribution in [-0.2, 0) is 11.4 Å². The molecule has 0 amide bonds. The van der Waals surface area contributed by atoms with Crippen molar-refractivity contribution in [2.75, 3.05) is 5.75 Å². The molecule has 0 spiro atoms. The Morgan fingerprint density at radius 2 is 2.10 bits per heavy atom. The second kappa shape index (κ2) is 8.13. The van der Waals surface area contributed by atoms with Gasteiger partial charge in [-0.3, -0.25) is 9.78 Å². The average molecular weight is 297 g/mol. The molecule has 0 bridgehead atoms. The minimum absolute atomic E-state index is 0.0716. The number of thioether (sulfide) groups is 1. The predicted molar refractivity (Wildman–Crippen MR) is 85.0 cm³/mol. The summed E-state index contributed by atoms with van der Waals surface area (Å²) in [5.41, 5.74) is 1.89. The van der Waals surface area contributed by atoms with Crippen LogP contribution in [0, 0.1) is 11.8 Å². The number of hydrogen-bond acceptors (Lipinski definition) is 4. The zero-order valence-corrected chi connectivity index (χ0v) is 12.5.